The number of aryl methyl sites for hydroxylation is 2. The minimum absolute atomic E-state index is 0.145. The molecular weight excluding hydrogens is 398 g/mol. The zero-order valence-corrected chi connectivity index (χ0v) is 18.4. The number of nitrogens with one attached hydrogen (secondary N) is 1. The maximum absolute atomic E-state index is 13.4. The molecule has 7 heteroatoms. The number of carbonyl (C=O) groups is 1. The summed E-state index contributed by atoms with van der Waals surface area (Å²) in [5.41, 5.74) is 5.88. The summed E-state index contributed by atoms with van der Waals surface area (Å²) in [6.45, 7) is 3.47. The fourth-order valence-electron chi connectivity index (χ4n) is 3.69. The van der Waals surface area contributed by atoms with Crippen LogP contribution in [-0.2, 0) is 14.8 Å². The van der Waals surface area contributed by atoms with Gasteiger partial charge in [-0.2, -0.15) is 5.10 Å². The van der Waals surface area contributed by atoms with E-state index >= 15 is 0 Å². The fraction of sp³-hybridized carbons (Fsp3) is 0.391. The summed E-state index contributed by atoms with van der Waals surface area (Å²) in [7, 11) is -3.91. The highest BCUT2D eigenvalue weighted by molar-refractivity contribution is 7.92. The van der Waals surface area contributed by atoms with Crippen LogP contribution in [0.4, 0.5) is 5.69 Å². The summed E-state index contributed by atoms with van der Waals surface area (Å²) in [5, 5.41) is 4.28. The SMILES string of the molecule is Cc1cc(C)cc(N(CC(=O)NN=C2CCCCCC2)S(=O)(=O)c2ccccc2)c1. The van der Waals surface area contributed by atoms with Gasteiger partial charge in [0.05, 0.1) is 10.6 Å². The van der Waals surface area contributed by atoms with Gasteiger partial charge in [0, 0.05) is 5.71 Å². The highest BCUT2D eigenvalue weighted by atomic mass is 32.2. The Balaban J connectivity index is 1.88. The lowest BCUT2D eigenvalue weighted by molar-refractivity contribution is -0.119. The minimum Gasteiger partial charge on any atom is -0.271 e. The molecule has 0 aromatic heterocycles. The summed E-state index contributed by atoms with van der Waals surface area (Å²) in [4.78, 5) is 12.8. The van der Waals surface area contributed by atoms with Crippen molar-refractivity contribution < 1.29 is 13.2 Å². The van der Waals surface area contributed by atoms with Gasteiger partial charge in [-0.05, 0) is 74.9 Å². The third kappa shape index (κ3) is 5.69. The Kier molecular flexibility index (Phi) is 7.26. The van der Waals surface area contributed by atoms with E-state index in [1.807, 2.05) is 19.9 Å². The van der Waals surface area contributed by atoms with E-state index in [2.05, 4.69) is 10.5 Å². The normalized spacial score (nSPS) is 14.7. The van der Waals surface area contributed by atoms with Gasteiger partial charge in [0.15, 0.2) is 0 Å². The highest BCUT2D eigenvalue weighted by Gasteiger charge is 2.27. The highest BCUT2D eigenvalue weighted by Crippen LogP contribution is 2.25. The van der Waals surface area contributed by atoms with Gasteiger partial charge in [0.2, 0.25) is 0 Å². The van der Waals surface area contributed by atoms with Gasteiger partial charge in [0.1, 0.15) is 6.54 Å². The van der Waals surface area contributed by atoms with Crippen LogP contribution in [0, 0.1) is 13.8 Å². The number of amides is 1. The Hall–Kier alpha value is -2.67. The number of rotatable bonds is 6. The molecule has 0 radical (unpaired) electrons. The number of hydrazone groups is 1. The molecule has 0 atom stereocenters. The van der Waals surface area contributed by atoms with E-state index in [0.717, 1.165) is 46.8 Å². The molecule has 2 aromatic carbocycles. The first kappa shape index (κ1) is 22.0. The average Bonchev–Trinajstić information content (AvgIpc) is 2.99. The van der Waals surface area contributed by atoms with Gasteiger partial charge in [0.25, 0.3) is 15.9 Å². The Morgan fingerprint density at radius 1 is 0.967 bits per heavy atom. The standard InChI is InChI=1S/C23H29N3O3S/c1-18-14-19(2)16-21(15-18)26(30(28,29)22-12-8-5-9-13-22)17-23(27)25-24-20-10-6-3-4-7-11-20/h5,8-9,12-16H,3-4,6-7,10-11,17H2,1-2H3,(H,25,27). The zero-order valence-electron chi connectivity index (χ0n) is 17.6. The van der Waals surface area contributed by atoms with Gasteiger partial charge >= 0.3 is 0 Å². The Bertz CT molecular complexity index is 987. The predicted octanol–water partition coefficient (Wildman–Crippen LogP) is 4.33. The van der Waals surface area contributed by atoms with Crippen molar-refractivity contribution >= 4 is 27.3 Å². The molecule has 1 amide bonds. The molecule has 1 fully saturated rings. The second kappa shape index (κ2) is 9.89. The van der Waals surface area contributed by atoms with Crippen molar-refractivity contribution in [1.29, 1.82) is 0 Å². The first-order valence-corrected chi connectivity index (χ1v) is 11.8. The minimum atomic E-state index is -3.91. The Labute approximate surface area is 179 Å². The lowest BCUT2D eigenvalue weighted by Gasteiger charge is -2.24. The summed E-state index contributed by atoms with van der Waals surface area (Å²) in [5.74, 6) is -0.453. The van der Waals surface area contributed by atoms with E-state index in [-0.39, 0.29) is 11.4 Å². The quantitative estimate of drug-likeness (QED) is 0.551. The number of sulfonamides is 1. The van der Waals surface area contributed by atoms with Crippen LogP contribution in [0.15, 0.2) is 58.5 Å². The molecule has 0 bridgehead atoms. The molecule has 1 saturated carbocycles. The monoisotopic (exact) mass is 427 g/mol. The van der Waals surface area contributed by atoms with Crippen LogP contribution in [0.5, 0.6) is 0 Å². The lowest BCUT2D eigenvalue weighted by atomic mass is 10.1. The molecule has 1 aliphatic carbocycles. The summed E-state index contributed by atoms with van der Waals surface area (Å²) in [6, 6.07) is 13.7. The fourth-order valence-corrected chi connectivity index (χ4v) is 5.11. The maximum Gasteiger partial charge on any atom is 0.264 e. The molecule has 160 valence electrons. The zero-order chi connectivity index (χ0) is 21.6. The van der Waals surface area contributed by atoms with Crippen molar-refractivity contribution in [2.24, 2.45) is 5.10 Å². The van der Waals surface area contributed by atoms with E-state index < -0.39 is 15.9 Å². The molecule has 2 aromatic rings. The Morgan fingerprint density at radius 2 is 1.57 bits per heavy atom. The predicted molar refractivity (Wildman–Crippen MR) is 120 cm³/mol. The smallest absolute Gasteiger partial charge is 0.264 e. The van der Waals surface area contributed by atoms with Crippen molar-refractivity contribution in [2.75, 3.05) is 10.8 Å². The van der Waals surface area contributed by atoms with Crippen LogP contribution < -0.4 is 9.73 Å². The molecule has 1 N–H and O–H groups in total. The molecule has 0 aliphatic heterocycles. The van der Waals surface area contributed by atoms with E-state index in [4.69, 9.17) is 0 Å². The molecule has 0 unspecified atom stereocenters. The first-order chi connectivity index (χ1) is 14.4. The average molecular weight is 428 g/mol. The van der Waals surface area contributed by atoms with Crippen LogP contribution in [0.3, 0.4) is 0 Å². The van der Waals surface area contributed by atoms with Crippen molar-refractivity contribution in [3.63, 3.8) is 0 Å². The van der Waals surface area contributed by atoms with Crippen molar-refractivity contribution in [3.05, 3.63) is 59.7 Å². The van der Waals surface area contributed by atoms with Crippen LogP contribution in [0.25, 0.3) is 0 Å². The van der Waals surface area contributed by atoms with E-state index in [9.17, 15) is 13.2 Å². The summed E-state index contributed by atoms with van der Waals surface area (Å²) >= 11 is 0. The van der Waals surface area contributed by atoms with Crippen molar-refractivity contribution in [1.82, 2.24) is 5.43 Å². The van der Waals surface area contributed by atoms with Crippen molar-refractivity contribution in [3.8, 4) is 0 Å². The molecule has 30 heavy (non-hydrogen) atoms. The number of nitrogens with zero attached hydrogens (tertiary/aromatic N) is 2. The molecular formula is C23H29N3O3S. The van der Waals surface area contributed by atoms with E-state index in [1.54, 1.807) is 30.3 Å². The van der Waals surface area contributed by atoms with Crippen LogP contribution in [-0.4, -0.2) is 26.6 Å². The van der Waals surface area contributed by atoms with Crippen LogP contribution in [0.1, 0.15) is 49.7 Å². The summed E-state index contributed by atoms with van der Waals surface area (Å²) < 4.78 is 27.9. The number of benzene rings is 2. The molecule has 6 nitrogen and oxygen atoms in total. The van der Waals surface area contributed by atoms with Gasteiger partial charge in [-0.25, -0.2) is 13.8 Å². The molecule has 3 rings (SSSR count). The van der Waals surface area contributed by atoms with Crippen LogP contribution >= 0.6 is 0 Å². The number of carbonyl (C=O) groups excluding carboxylic acids is 1. The van der Waals surface area contributed by atoms with Gasteiger partial charge in [-0.3, -0.25) is 9.10 Å². The van der Waals surface area contributed by atoms with E-state index in [0.29, 0.717) is 5.69 Å². The Morgan fingerprint density at radius 3 is 2.17 bits per heavy atom. The second-order valence-electron chi connectivity index (χ2n) is 7.80. The first-order valence-electron chi connectivity index (χ1n) is 10.4. The number of hydrogen-bond donors (Lipinski definition) is 1. The topological polar surface area (TPSA) is 78.8 Å². The molecule has 0 saturated heterocycles. The molecule has 1 aliphatic rings. The molecule has 0 spiro atoms. The third-order valence-corrected chi connectivity index (χ3v) is 6.92. The van der Waals surface area contributed by atoms with Gasteiger partial charge < -0.3 is 0 Å². The van der Waals surface area contributed by atoms with Crippen molar-refractivity contribution in [2.45, 2.75) is 57.3 Å². The van der Waals surface area contributed by atoms with E-state index in [1.165, 1.54) is 25.0 Å². The number of anilines is 1. The number of hydrogen-bond acceptors (Lipinski definition) is 4. The summed E-state index contributed by atoms with van der Waals surface area (Å²) in [6.07, 6.45) is 6.27. The molecule has 0 heterocycles. The largest absolute Gasteiger partial charge is 0.271 e. The van der Waals surface area contributed by atoms with Crippen LogP contribution in [0.2, 0.25) is 0 Å². The maximum atomic E-state index is 13.4. The lowest BCUT2D eigenvalue weighted by Crippen LogP contribution is -2.39. The van der Waals surface area contributed by atoms with Gasteiger partial charge in [-0.1, -0.05) is 37.1 Å². The second-order valence-corrected chi connectivity index (χ2v) is 9.66. The third-order valence-electron chi connectivity index (χ3n) is 5.13. The van der Waals surface area contributed by atoms with Gasteiger partial charge in [-0.15, -0.1) is 0 Å².